The maximum absolute atomic E-state index is 11.9. The molecule has 0 bridgehead atoms. The van der Waals surface area contributed by atoms with E-state index in [0.717, 1.165) is 8.66 Å². The van der Waals surface area contributed by atoms with Crippen LogP contribution in [0.15, 0.2) is 9.85 Å². The Kier molecular flexibility index (Phi) is 3.01. The average Bonchev–Trinajstić information content (AvgIpc) is 2.93. The van der Waals surface area contributed by atoms with Gasteiger partial charge in [-0.1, -0.05) is 18.5 Å². The molecule has 1 atom stereocenters. The van der Waals surface area contributed by atoms with E-state index in [-0.39, 0.29) is 11.7 Å². The predicted molar refractivity (Wildman–Crippen MR) is 63.2 cm³/mol. The third kappa shape index (κ3) is 2.05. The van der Waals surface area contributed by atoms with Gasteiger partial charge in [-0.05, 0) is 40.8 Å². The molecule has 2 rings (SSSR count). The molecule has 0 saturated heterocycles. The minimum Gasteiger partial charge on any atom is -0.293 e. The minimum atomic E-state index is 0.164. The fourth-order valence-corrected chi connectivity index (χ4v) is 3.24. The zero-order valence-corrected chi connectivity index (χ0v) is 10.9. The molecular formula is C10H10BrClOS. The Morgan fingerprint density at radius 3 is 2.79 bits per heavy atom. The molecule has 1 aliphatic carbocycles. The van der Waals surface area contributed by atoms with Crippen LogP contribution in [0.4, 0.5) is 0 Å². The smallest absolute Gasteiger partial charge is 0.175 e. The van der Waals surface area contributed by atoms with Crippen molar-refractivity contribution in [1.82, 2.24) is 0 Å². The Balaban J connectivity index is 2.17. The first-order valence-corrected chi connectivity index (χ1v) is 6.57. The predicted octanol–water partition coefficient (Wildman–Crippen LogP) is 4.39. The van der Waals surface area contributed by atoms with Gasteiger partial charge in [-0.15, -0.1) is 11.3 Å². The molecule has 0 N–H and O–H groups in total. The molecule has 0 spiro atoms. The fourth-order valence-electron chi connectivity index (χ4n) is 1.50. The highest BCUT2D eigenvalue weighted by Gasteiger charge is 2.33. The molecule has 14 heavy (non-hydrogen) atoms. The van der Waals surface area contributed by atoms with Gasteiger partial charge >= 0.3 is 0 Å². The van der Waals surface area contributed by atoms with E-state index in [1.54, 1.807) is 6.07 Å². The summed E-state index contributed by atoms with van der Waals surface area (Å²) in [6.45, 7) is 2.02. The van der Waals surface area contributed by atoms with E-state index < -0.39 is 0 Å². The number of thiophene rings is 1. The molecule has 1 heterocycles. The third-order valence-electron chi connectivity index (χ3n) is 2.63. The Labute approximate surface area is 101 Å². The van der Waals surface area contributed by atoms with Gasteiger partial charge in [0.1, 0.15) is 0 Å². The molecule has 0 aliphatic heterocycles. The first-order chi connectivity index (χ1) is 6.59. The lowest BCUT2D eigenvalue weighted by Gasteiger charge is -2.05. The van der Waals surface area contributed by atoms with Crippen molar-refractivity contribution >= 4 is 44.7 Å². The van der Waals surface area contributed by atoms with E-state index in [0.29, 0.717) is 10.9 Å². The monoisotopic (exact) mass is 292 g/mol. The highest BCUT2D eigenvalue weighted by atomic mass is 79.9. The number of carbonyl (C=O) groups is 1. The van der Waals surface area contributed by atoms with E-state index in [1.807, 2.05) is 6.92 Å². The van der Waals surface area contributed by atoms with Gasteiger partial charge in [-0.25, -0.2) is 0 Å². The minimum absolute atomic E-state index is 0.164. The molecule has 0 aromatic carbocycles. The molecular weight excluding hydrogens is 284 g/mol. The maximum Gasteiger partial charge on any atom is 0.175 e. The Morgan fingerprint density at radius 2 is 2.36 bits per heavy atom. The van der Waals surface area contributed by atoms with Crippen LogP contribution in [0.3, 0.4) is 0 Å². The summed E-state index contributed by atoms with van der Waals surface area (Å²) in [4.78, 5) is 12.7. The molecule has 1 aromatic heterocycles. The lowest BCUT2D eigenvalue weighted by atomic mass is 10.00. The summed E-state index contributed by atoms with van der Waals surface area (Å²) < 4.78 is 0.852. The van der Waals surface area contributed by atoms with Crippen molar-refractivity contribution in [2.75, 3.05) is 0 Å². The van der Waals surface area contributed by atoms with Crippen LogP contribution in [-0.2, 0) is 0 Å². The van der Waals surface area contributed by atoms with Crippen molar-refractivity contribution in [2.24, 2.45) is 11.8 Å². The highest BCUT2D eigenvalue weighted by molar-refractivity contribution is 9.11. The molecule has 1 aliphatic rings. The molecule has 1 nitrogen and oxygen atoms in total. The number of halogens is 2. The summed E-state index contributed by atoms with van der Waals surface area (Å²) in [5.74, 6) is 1.02. The van der Waals surface area contributed by atoms with E-state index >= 15 is 0 Å². The molecule has 1 fully saturated rings. The van der Waals surface area contributed by atoms with Crippen LogP contribution in [0.5, 0.6) is 0 Å². The SMILES string of the molecule is CC(C(=O)c1cc(Cl)c(Br)s1)C1CC1. The van der Waals surface area contributed by atoms with Gasteiger partial charge in [-0.2, -0.15) is 0 Å². The number of ketones is 1. The van der Waals surface area contributed by atoms with E-state index in [9.17, 15) is 4.79 Å². The van der Waals surface area contributed by atoms with Crippen LogP contribution in [0.25, 0.3) is 0 Å². The quantitative estimate of drug-likeness (QED) is 0.755. The van der Waals surface area contributed by atoms with E-state index in [1.165, 1.54) is 24.2 Å². The van der Waals surface area contributed by atoms with Crippen LogP contribution in [0.2, 0.25) is 5.02 Å². The molecule has 4 heteroatoms. The molecule has 1 aromatic rings. The van der Waals surface area contributed by atoms with Crippen LogP contribution < -0.4 is 0 Å². The van der Waals surface area contributed by atoms with Gasteiger partial charge in [0.15, 0.2) is 5.78 Å². The Morgan fingerprint density at radius 1 is 1.71 bits per heavy atom. The number of hydrogen-bond acceptors (Lipinski definition) is 2. The zero-order valence-electron chi connectivity index (χ0n) is 7.72. The summed E-state index contributed by atoms with van der Waals surface area (Å²) >= 11 is 10.6. The Bertz CT molecular complexity index is 351. The van der Waals surface area contributed by atoms with Crippen LogP contribution >= 0.6 is 38.9 Å². The van der Waals surface area contributed by atoms with Crippen LogP contribution in [0, 0.1) is 11.8 Å². The third-order valence-corrected chi connectivity index (χ3v) is 5.12. The zero-order chi connectivity index (χ0) is 10.3. The van der Waals surface area contributed by atoms with Crippen LogP contribution in [-0.4, -0.2) is 5.78 Å². The van der Waals surface area contributed by atoms with Crippen molar-refractivity contribution in [3.05, 3.63) is 19.8 Å². The molecule has 0 amide bonds. The summed E-state index contributed by atoms with van der Waals surface area (Å²) in [5, 5.41) is 0.640. The van der Waals surface area contributed by atoms with Crippen molar-refractivity contribution in [2.45, 2.75) is 19.8 Å². The van der Waals surface area contributed by atoms with E-state index in [2.05, 4.69) is 15.9 Å². The topological polar surface area (TPSA) is 17.1 Å². The van der Waals surface area contributed by atoms with Crippen molar-refractivity contribution < 1.29 is 4.79 Å². The van der Waals surface area contributed by atoms with Crippen molar-refractivity contribution in [3.8, 4) is 0 Å². The second-order valence-corrected chi connectivity index (χ2v) is 6.50. The van der Waals surface area contributed by atoms with Gasteiger partial charge < -0.3 is 0 Å². The largest absolute Gasteiger partial charge is 0.293 e. The lowest BCUT2D eigenvalue weighted by molar-refractivity contribution is 0.0920. The van der Waals surface area contributed by atoms with Gasteiger partial charge in [0.2, 0.25) is 0 Å². The molecule has 0 radical (unpaired) electrons. The maximum atomic E-state index is 11.9. The van der Waals surface area contributed by atoms with Gasteiger partial charge in [0.05, 0.1) is 13.7 Å². The fraction of sp³-hybridized carbons (Fsp3) is 0.500. The van der Waals surface area contributed by atoms with Crippen molar-refractivity contribution in [1.29, 1.82) is 0 Å². The summed E-state index contributed by atoms with van der Waals surface area (Å²) in [5.41, 5.74) is 0. The molecule has 76 valence electrons. The highest BCUT2D eigenvalue weighted by Crippen LogP contribution is 2.40. The lowest BCUT2D eigenvalue weighted by Crippen LogP contribution is -2.11. The summed E-state index contributed by atoms with van der Waals surface area (Å²) in [6.07, 6.45) is 2.40. The normalized spacial score (nSPS) is 18.2. The van der Waals surface area contributed by atoms with E-state index in [4.69, 9.17) is 11.6 Å². The first-order valence-electron chi connectivity index (χ1n) is 4.58. The Hall–Kier alpha value is 0.140. The van der Waals surface area contributed by atoms with Gasteiger partial charge in [0.25, 0.3) is 0 Å². The van der Waals surface area contributed by atoms with Crippen LogP contribution in [0.1, 0.15) is 29.4 Å². The number of rotatable bonds is 3. The molecule has 1 saturated carbocycles. The van der Waals surface area contributed by atoms with Crippen molar-refractivity contribution in [3.63, 3.8) is 0 Å². The number of carbonyl (C=O) groups excluding carboxylic acids is 1. The van der Waals surface area contributed by atoms with Gasteiger partial charge in [-0.3, -0.25) is 4.79 Å². The average molecular weight is 294 g/mol. The first kappa shape index (κ1) is 10.7. The second kappa shape index (κ2) is 3.95. The summed E-state index contributed by atoms with van der Waals surface area (Å²) in [7, 11) is 0. The summed E-state index contributed by atoms with van der Waals surface area (Å²) in [6, 6.07) is 1.76. The number of Topliss-reactive ketones (excluding diaryl/α,β-unsaturated/α-hetero) is 1. The van der Waals surface area contributed by atoms with Gasteiger partial charge in [0, 0.05) is 5.92 Å². The standard InChI is InChI=1S/C10H10BrClOS/c1-5(6-2-3-6)9(13)8-4-7(12)10(11)14-8/h4-6H,2-3H2,1H3. The number of hydrogen-bond donors (Lipinski definition) is 0. The second-order valence-electron chi connectivity index (χ2n) is 3.72. The molecule has 1 unspecified atom stereocenters.